The van der Waals surface area contributed by atoms with E-state index in [1.54, 1.807) is 0 Å². The van der Waals surface area contributed by atoms with Gasteiger partial charge in [-0.15, -0.1) is 0 Å². The molecular formula is C17H11F9. The lowest BCUT2D eigenvalue weighted by atomic mass is 9.95. The Kier molecular flexibility index (Phi) is 5.04. The summed E-state index contributed by atoms with van der Waals surface area (Å²) in [6, 6.07) is 4.10. The maximum absolute atomic E-state index is 13.1. The highest BCUT2D eigenvalue weighted by Gasteiger charge is 2.38. The van der Waals surface area contributed by atoms with Crippen molar-refractivity contribution in [3.63, 3.8) is 0 Å². The fourth-order valence-electron chi connectivity index (χ4n) is 2.48. The molecule has 0 atom stereocenters. The summed E-state index contributed by atoms with van der Waals surface area (Å²) in [5.41, 5.74) is -4.74. The van der Waals surface area contributed by atoms with E-state index in [-0.39, 0.29) is 17.2 Å². The zero-order valence-electron chi connectivity index (χ0n) is 13.1. The minimum Gasteiger partial charge on any atom is -0.166 e. The van der Waals surface area contributed by atoms with Crippen LogP contribution in [0.15, 0.2) is 36.4 Å². The number of hydrogen-bond acceptors (Lipinski definition) is 0. The molecule has 142 valence electrons. The van der Waals surface area contributed by atoms with Crippen LogP contribution in [-0.4, -0.2) is 0 Å². The topological polar surface area (TPSA) is 0 Å². The minimum absolute atomic E-state index is 0.0335. The quantitative estimate of drug-likeness (QED) is 0.508. The van der Waals surface area contributed by atoms with E-state index in [2.05, 4.69) is 0 Å². The van der Waals surface area contributed by atoms with E-state index < -0.39 is 47.2 Å². The average Bonchev–Trinajstić information content (AvgIpc) is 2.46. The first-order chi connectivity index (χ1) is 11.7. The van der Waals surface area contributed by atoms with E-state index in [0.29, 0.717) is 18.2 Å². The monoisotopic (exact) mass is 386 g/mol. The van der Waals surface area contributed by atoms with E-state index >= 15 is 0 Å². The molecule has 0 amide bonds. The van der Waals surface area contributed by atoms with E-state index in [1.807, 2.05) is 0 Å². The highest BCUT2D eigenvalue weighted by molar-refractivity contribution is 5.41. The molecule has 0 aliphatic rings. The standard InChI is InChI=1S/C17H11F9/c1-9-2-3-10(7-13(9)16(21,22)23)6-11-4-5-12(15(18,19)20)8-14(11)17(24,25)26/h2-5,7-8H,6H2,1H3. The Bertz CT molecular complexity index is 795. The van der Waals surface area contributed by atoms with Gasteiger partial charge in [-0.25, -0.2) is 0 Å². The predicted octanol–water partition coefficient (Wildman–Crippen LogP) is 6.64. The third-order valence-corrected chi connectivity index (χ3v) is 3.74. The van der Waals surface area contributed by atoms with Gasteiger partial charge in [-0.05, 0) is 48.2 Å². The Hall–Kier alpha value is -2.19. The smallest absolute Gasteiger partial charge is 0.166 e. The van der Waals surface area contributed by atoms with Crippen LogP contribution in [0.5, 0.6) is 0 Å². The van der Waals surface area contributed by atoms with Crippen molar-refractivity contribution in [3.8, 4) is 0 Å². The normalized spacial score (nSPS) is 13.2. The summed E-state index contributed by atoms with van der Waals surface area (Å²) in [7, 11) is 0. The molecule has 26 heavy (non-hydrogen) atoms. The Balaban J connectivity index is 2.50. The lowest BCUT2D eigenvalue weighted by Gasteiger charge is -2.17. The zero-order chi connectivity index (χ0) is 19.9. The van der Waals surface area contributed by atoms with Crippen LogP contribution in [0.25, 0.3) is 0 Å². The summed E-state index contributed by atoms with van der Waals surface area (Å²) in [5.74, 6) is 0. The van der Waals surface area contributed by atoms with E-state index in [0.717, 1.165) is 6.07 Å². The van der Waals surface area contributed by atoms with Gasteiger partial charge < -0.3 is 0 Å². The molecule has 9 heteroatoms. The van der Waals surface area contributed by atoms with Gasteiger partial charge in [0.25, 0.3) is 0 Å². The van der Waals surface area contributed by atoms with Gasteiger partial charge in [-0.1, -0.05) is 18.2 Å². The minimum atomic E-state index is -5.08. The number of alkyl halides is 9. The van der Waals surface area contributed by atoms with Crippen molar-refractivity contribution < 1.29 is 39.5 Å². The van der Waals surface area contributed by atoms with Crippen molar-refractivity contribution in [1.29, 1.82) is 0 Å². The van der Waals surface area contributed by atoms with Crippen LogP contribution in [0.2, 0.25) is 0 Å². The highest BCUT2D eigenvalue weighted by atomic mass is 19.4. The van der Waals surface area contributed by atoms with Crippen molar-refractivity contribution in [3.05, 3.63) is 69.8 Å². The molecule has 2 aromatic rings. The molecule has 0 saturated heterocycles. The Labute approximate surface area is 142 Å². The molecule has 2 rings (SSSR count). The molecule has 2 aromatic carbocycles. The van der Waals surface area contributed by atoms with Crippen molar-refractivity contribution >= 4 is 0 Å². The molecule has 0 aromatic heterocycles. The molecule has 0 aliphatic heterocycles. The van der Waals surface area contributed by atoms with Crippen molar-refractivity contribution in [2.45, 2.75) is 31.9 Å². The molecule has 0 saturated carbocycles. The van der Waals surface area contributed by atoms with Crippen molar-refractivity contribution in [2.75, 3.05) is 0 Å². The molecule has 0 unspecified atom stereocenters. The summed E-state index contributed by atoms with van der Waals surface area (Å²) in [6.45, 7) is 1.20. The molecule has 0 radical (unpaired) electrons. The first-order valence-electron chi connectivity index (χ1n) is 7.13. The molecule has 0 heterocycles. The average molecular weight is 386 g/mol. The Morgan fingerprint density at radius 2 is 1.23 bits per heavy atom. The van der Waals surface area contributed by atoms with Gasteiger partial charge >= 0.3 is 18.5 Å². The predicted molar refractivity (Wildman–Crippen MR) is 75.4 cm³/mol. The maximum Gasteiger partial charge on any atom is 0.416 e. The summed E-state index contributed by atoms with van der Waals surface area (Å²) < 4.78 is 116. The second kappa shape index (κ2) is 6.51. The van der Waals surface area contributed by atoms with E-state index in [9.17, 15) is 39.5 Å². The van der Waals surface area contributed by atoms with Crippen LogP contribution in [0.1, 0.15) is 33.4 Å². The van der Waals surface area contributed by atoms with Crippen molar-refractivity contribution in [1.82, 2.24) is 0 Å². The Morgan fingerprint density at radius 3 is 1.73 bits per heavy atom. The van der Waals surface area contributed by atoms with Gasteiger partial charge in [-0.2, -0.15) is 39.5 Å². The molecule has 0 fully saturated rings. The Morgan fingerprint density at radius 1 is 0.654 bits per heavy atom. The van der Waals surface area contributed by atoms with Gasteiger partial charge in [-0.3, -0.25) is 0 Å². The van der Waals surface area contributed by atoms with Gasteiger partial charge in [0.1, 0.15) is 0 Å². The molecule has 0 bridgehead atoms. The third kappa shape index (κ3) is 4.50. The van der Waals surface area contributed by atoms with Gasteiger partial charge in [0.15, 0.2) is 0 Å². The summed E-state index contributed by atoms with van der Waals surface area (Å²) in [6.07, 6.45) is -15.3. The first-order valence-corrected chi connectivity index (χ1v) is 7.13. The van der Waals surface area contributed by atoms with Gasteiger partial charge in [0.05, 0.1) is 16.7 Å². The van der Waals surface area contributed by atoms with Gasteiger partial charge in [0, 0.05) is 0 Å². The van der Waals surface area contributed by atoms with Crippen LogP contribution < -0.4 is 0 Å². The summed E-state index contributed by atoms with van der Waals surface area (Å²) in [4.78, 5) is 0. The lowest BCUT2D eigenvalue weighted by molar-refractivity contribution is -0.143. The maximum atomic E-state index is 13.1. The molecular weight excluding hydrogens is 375 g/mol. The largest absolute Gasteiger partial charge is 0.416 e. The van der Waals surface area contributed by atoms with Crippen molar-refractivity contribution in [2.24, 2.45) is 0 Å². The lowest BCUT2D eigenvalue weighted by Crippen LogP contribution is -2.14. The number of benzene rings is 2. The number of hydrogen-bond donors (Lipinski definition) is 0. The molecule has 0 aliphatic carbocycles. The van der Waals surface area contributed by atoms with Crippen LogP contribution in [0.3, 0.4) is 0 Å². The van der Waals surface area contributed by atoms with E-state index in [4.69, 9.17) is 0 Å². The third-order valence-electron chi connectivity index (χ3n) is 3.74. The van der Waals surface area contributed by atoms with E-state index in [1.165, 1.54) is 13.0 Å². The zero-order valence-corrected chi connectivity index (χ0v) is 13.1. The fourth-order valence-corrected chi connectivity index (χ4v) is 2.48. The molecule has 0 N–H and O–H groups in total. The number of aryl methyl sites for hydroxylation is 1. The summed E-state index contributed by atoms with van der Waals surface area (Å²) >= 11 is 0. The molecule has 0 nitrogen and oxygen atoms in total. The van der Waals surface area contributed by atoms with Gasteiger partial charge in [0.2, 0.25) is 0 Å². The SMILES string of the molecule is Cc1ccc(Cc2ccc(C(F)(F)F)cc2C(F)(F)F)cc1C(F)(F)F. The van der Waals surface area contributed by atoms with Crippen LogP contribution >= 0.6 is 0 Å². The second-order valence-corrected chi connectivity index (χ2v) is 5.69. The number of rotatable bonds is 2. The first kappa shape index (κ1) is 20.1. The van der Waals surface area contributed by atoms with Crippen LogP contribution in [-0.2, 0) is 24.9 Å². The second-order valence-electron chi connectivity index (χ2n) is 5.69. The molecule has 0 spiro atoms. The highest BCUT2D eigenvalue weighted by Crippen LogP contribution is 2.38. The fraction of sp³-hybridized carbons (Fsp3) is 0.294. The van der Waals surface area contributed by atoms with Crippen LogP contribution in [0, 0.1) is 6.92 Å². The van der Waals surface area contributed by atoms with Crippen LogP contribution in [0.4, 0.5) is 39.5 Å². The number of halogens is 9. The summed E-state index contributed by atoms with van der Waals surface area (Å²) in [5, 5.41) is 0.